The van der Waals surface area contributed by atoms with E-state index in [9.17, 15) is 86.2 Å². The molecule has 7 aliphatic heterocycles. The summed E-state index contributed by atoms with van der Waals surface area (Å²) in [6.45, 7) is 14.5. The van der Waals surface area contributed by atoms with Crippen LogP contribution in [0, 0.1) is 39.4 Å². The Labute approximate surface area is 589 Å². The summed E-state index contributed by atoms with van der Waals surface area (Å²) < 4.78 is 96.2. The molecule has 0 radical (unpaired) electrons. The van der Waals surface area contributed by atoms with Crippen LogP contribution in [0.1, 0.15) is 107 Å². The van der Waals surface area contributed by atoms with E-state index < -0.39 is 275 Å². The minimum atomic E-state index is -2.14. The van der Waals surface area contributed by atoms with Crippen LogP contribution in [-0.4, -0.2) is 331 Å². The number of rotatable bonds is 22. The summed E-state index contributed by atoms with van der Waals surface area (Å²) >= 11 is 0. The molecule has 4 aliphatic carbocycles. The van der Waals surface area contributed by atoms with Gasteiger partial charge in [-0.05, 0) is 93.3 Å². The molecule has 34 heteroatoms. The Bertz CT molecular complexity index is 2960. The van der Waals surface area contributed by atoms with Crippen molar-refractivity contribution in [3.63, 3.8) is 0 Å². The largest absolute Gasteiger partial charge is 0.462 e. The lowest BCUT2D eigenvalue weighted by Crippen LogP contribution is -2.67. The van der Waals surface area contributed by atoms with Crippen LogP contribution in [0.2, 0.25) is 0 Å². The fraction of sp³-hybridized carbons (Fsp3) is 0.897. The van der Waals surface area contributed by atoms with Crippen LogP contribution in [0.25, 0.3) is 0 Å². The van der Waals surface area contributed by atoms with Gasteiger partial charge in [-0.2, -0.15) is 0 Å². The van der Waals surface area contributed by atoms with Gasteiger partial charge in [-0.25, -0.2) is 0 Å². The summed E-state index contributed by atoms with van der Waals surface area (Å²) in [6.07, 6.45) is -43.8. The molecular weight excluding hydrogens is 1360 g/mol. The second-order valence-electron chi connectivity index (χ2n) is 30.9. The summed E-state index contributed by atoms with van der Waals surface area (Å²) in [5.41, 5.74) is -2.70. The van der Waals surface area contributed by atoms with Crippen LogP contribution in [0.4, 0.5) is 0 Å². The van der Waals surface area contributed by atoms with Crippen molar-refractivity contribution in [2.24, 2.45) is 39.4 Å². The quantitative estimate of drug-likeness (QED) is 0.0211. The third kappa shape index (κ3) is 14.1. The molecule has 37 atom stereocenters. The maximum absolute atomic E-state index is 15.1. The van der Waals surface area contributed by atoms with Crippen LogP contribution < -0.4 is 0 Å². The van der Waals surface area contributed by atoms with Gasteiger partial charge in [-0.15, -0.1) is 6.58 Å². The van der Waals surface area contributed by atoms with Crippen molar-refractivity contribution in [1.29, 1.82) is 0 Å². The average Bonchev–Trinajstić information content (AvgIpc) is 1.48. The van der Waals surface area contributed by atoms with Crippen molar-refractivity contribution in [2.45, 2.75) is 297 Å². The highest BCUT2D eigenvalue weighted by Gasteiger charge is 2.81. The number of fused-ring (bicyclic) bond motifs is 4. The van der Waals surface area contributed by atoms with E-state index in [0.29, 0.717) is 44.9 Å². The Kier molecular flexibility index (Phi) is 24.3. The molecule has 1 unspecified atom stereocenters. The summed E-state index contributed by atoms with van der Waals surface area (Å²) in [5, 5.41) is 166. The molecule has 34 nitrogen and oxygen atoms in total. The number of allylic oxidation sites excluding steroid dienone is 3. The van der Waals surface area contributed by atoms with Crippen molar-refractivity contribution in [2.75, 3.05) is 46.8 Å². The highest BCUT2D eigenvalue weighted by atomic mass is 16.8. The normalized spacial score (nSPS) is 50.3. The highest BCUT2D eigenvalue weighted by Crippen LogP contribution is 2.76. The second kappa shape index (κ2) is 31.0. The van der Waals surface area contributed by atoms with E-state index in [0.717, 1.165) is 11.1 Å². The molecule has 102 heavy (non-hydrogen) atoms. The van der Waals surface area contributed by atoms with Gasteiger partial charge in [-0.1, -0.05) is 44.9 Å². The Balaban J connectivity index is 0.841. The molecule has 582 valence electrons. The van der Waals surface area contributed by atoms with Gasteiger partial charge in [0.1, 0.15) is 140 Å². The number of aliphatic hydroxyl groups is 15. The van der Waals surface area contributed by atoms with Gasteiger partial charge >= 0.3 is 17.9 Å². The predicted molar refractivity (Wildman–Crippen MR) is 337 cm³/mol. The van der Waals surface area contributed by atoms with E-state index in [1.807, 2.05) is 6.92 Å². The lowest BCUT2D eigenvalue weighted by atomic mass is 9.41. The molecule has 0 aromatic carbocycles. The maximum atomic E-state index is 15.1. The molecule has 0 aromatic rings. The zero-order valence-corrected chi connectivity index (χ0v) is 58.7. The van der Waals surface area contributed by atoms with Gasteiger partial charge in [0.2, 0.25) is 0 Å². The van der Waals surface area contributed by atoms with Crippen molar-refractivity contribution in [3.05, 3.63) is 23.8 Å². The molecule has 10 fully saturated rings. The summed E-state index contributed by atoms with van der Waals surface area (Å²) in [5.74, 6) is -2.58. The smallest absolute Gasteiger partial charge is 0.314 e. The van der Waals surface area contributed by atoms with Crippen LogP contribution in [0.5, 0.6) is 0 Å². The van der Waals surface area contributed by atoms with E-state index in [1.165, 1.54) is 21.0 Å². The number of hydrogen-bond donors (Lipinski definition) is 15. The fourth-order valence-electron chi connectivity index (χ4n) is 19.2. The fourth-order valence-corrected chi connectivity index (χ4v) is 19.2. The third-order valence-corrected chi connectivity index (χ3v) is 24.4. The Hall–Kier alpha value is -3.23. The van der Waals surface area contributed by atoms with Crippen molar-refractivity contribution in [3.8, 4) is 0 Å². The van der Waals surface area contributed by atoms with Gasteiger partial charge in [0.25, 0.3) is 0 Å². The molecule has 0 bridgehead atoms. The third-order valence-electron chi connectivity index (χ3n) is 24.4. The monoisotopic (exact) mass is 1470 g/mol. The zero-order chi connectivity index (χ0) is 74.4. The lowest BCUT2D eigenvalue weighted by Gasteiger charge is -2.63. The highest BCUT2D eigenvalue weighted by molar-refractivity contribution is 5.84. The average molecular weight is 1470 g/mol. The topological polar surface area (TPSA) is 502 Å². The van der Waals surface area contributed by atoms with Gasteiger partial charge < -0.3 is 152 Å². The Morgan fingerprint density at radius 3 is 1.69 bits per heavy atom. The zero-order valence-electron chi connectivity index (χ0n) is 58.7. The number of ether oxygens (including phenoxy) is 16. The van der Waals surface area contributed by atoms with E-state index in [4.69, 9.17) is 75.8 Å². The maximum Gasteiger partial charge on any atom is 0.314 e. The van der Waals surface area contributed by atoms with Crippen LogP contribution in [0.15, 0.2) is 23.8 Å². The van der Waals surface area contributed by atoms with Crippen LogP contribution in [0.3, 0.4) is 0 Å². The second-order valence-corrected chi connectivity index (χ2v) is 30.9. The predicted octanol–water partition coefficient (Wildman–Crippen LogP) is -4.41. The van der Waals surface area contributed by atoms with Crippen molar-refractivity contribution in [1.82, 2.24) is 0 Å². The van der Waals surface area contributed by atoms with E-state index in [-0.39, 0.29) is 18.3 Å². The molecule has 7 heterocycles. The summed E-state index contributed by atoms with van der Waals surface area (Å²) in [7, 11) is 1.18. The van der Waals surface area contributed by atoms with Gasteiger partial charge in [-0.3, -0.25) is 14.4 Å². The molecule has 1 spiro atoms. The summed E-state index contributed by atoms with van der Waals surface area (Å²) in [6, 6.07) is 0. The van der Waals surface area contributed by atoms with Gasteiger partial charge in [0.15, 0.2) is 43.3 Å². The number of carbonyl (C=O) groups excluding carboxylic acids is 3. The van der Waals surface area contributed by atoms with Gasteiger partial charge in [0, 0.05) is 21.0 Å². The first-order valence-electron chi connectivity index (χ1n) is 35.3. The van der Waals surface area contributed by atoms with E-state index in [2.05, 4.69) is 40.3 Å². The molecule has 11 rings (SSSR count). The van der Waals surface area contributed by atoms with E-state index in [1.54, 1.807) is 6.92 Å². The number of aliphatic hydroxyl groups excluding tert-OH is 15. The van der Waals surface area contributed by atoms with Crippen LogP contribution >= 0.6 is 0 Å². The number of esters is 3. The van der Waals surface area contributed by atoms with Gasteiger partial charge in [0.05, 0.1) is 57.1 Å². The Morgan fingerprint density at radius 1 is 0.569 bits per heavy atom. The number of methoxy groups -OCH3 is 1. The number of carbonyl (C=O) groups is 3. The molecule has 11 aliphatic rings. The van der Waals surface area contributed by atoms with Crippen molar-refractivity contribution < 1.29 is 167 Å². The van der Waals surface area contributed by atoms with Crippen LogP contribution in [-0.2, 0) is 90.2 Å². The standard InChI is InChI=1S/C68H106O34/c1-26(2)11-14-40(92-28(4)73)67(9)56-33(91-27(3)72)19-66(8)30-12-13-38-64(5,6)39(16-17-65(38,7)29(30)15-18-68(56,66)63(86)102-67)97-62-55(43(78)37(25-90-62)96-57-48(83)51(31(74)23-88-57)98-59-46(81)44(79)41(76)34(20-69)93-59)101-60-47(82)45(80)53(36(22-71)95-60)100-58-49(84)52(32(75)24-89-58)99-61-50(85)54(87-10)42(77)35(21-70)94-61/h15,30-62,69-71,74-85H,1,11-14,16-25H2,2-10H3/t30-,31-,32-,33+,34-,35-,36-,37-,38+,39+,40?,41-,42-,43+,44+,45-,46-,47-,48-,49-,50-,51+,52+,53-,54+,55-,56-,57+,58+,59+,60+,61+,62+,65-,66+,67+,68-/m1/s1. The minimum Gasteiger partial charge on any atom is -0.462 e. The first-order valence-corrected chi connectivity index (χ1v) is 35.3. The molecular formula is C68H106O34. The Morgan fingerprint density at radius 2 is 1.11 bits per heavy atom. The molecule has 7 saturated heterocycles. The SMILES string of the molecule is C=C(C)CCC(OC(C)=O)[C@]1(C)OC(=O)[C@]23CC=C4[C@@H](CC[C@H]5C(C)(C)[C@@H](O[C@@H]6OC[C@@H](O[C@@H]7OC[C@@H](O)[C@H](O[C@@H]8O[C@H](CO)[C@@H](O)[C@H](O)[C@H]8O)[C@H]7O)[C@H](O)[C@H]6O[C@@H]6O[C@H](CO)[C@@H](O[C@@H]7OC[C@@H](O)[C@H](O[C@@H]8O[C@H](CO)[C@@H](O)[C@H](OC)[C@H]8O)[C@H]7O)[C@H](O)[C@H]6O)CC[C@]45C)[C@]2(C)C[C@H](OC(C)=O)[C@H]13. The lowest BCUT2D eigenvalue weighted by molar-refractivity contribution is -0.393. The molecule has 0 aromatic heterocycles. The molecule has 0 amide bonds. The van der Waals surface area contributed by atoms with E-state index >= 15 is 4.79 Å². The minimum absolute atomic E-state index is 0.135. The first kappa shape index (κ1) is 79.8. The molecule has 15 N–H and O–H groups in total. The first-order chi connectivity index (χ1) is 48.1. The summed E-state index contributed by atoms with van der Waals surface area (Å²) in [4.78, 5) is 41.0. The van der Waals surface area contributed by atoms with Crippen molar-refractivity contribution >= 4 is 17.9 Å². The number of cyclic esters (lactones) is 1. The number of hydrogen-bond acceptors (Lipinski definition) is 34. The molecule has 3 saturated carbocycles.